The molecule has 9 heteroatoms. The number of halogens is 4. The molecular weight excluding hydrogens is 463 g/mol. The van der Waals surface area contributed by atoms with Gasteiger partial charge in [-0.25, -0.2) is 4.98 Å². The van der Waals surface area contributed by atoms with Crippen molar-refractivity contribution in [3.63, 3.8) is 0 Å². The number of hydrogen-bond acceptors (Lipinski definition) is 4. The van der Waals surface area contributed by atoms with Crippen molar-refractivity contribution in [3.05, 3.63) is 95.3 Å². The number of anilines is 2. The highest BCUT2D eigenvalue weighted by molar-refractivity contribution is 6.31. The lowest BCUT2D eigenvalue weighted by Gasteiger charge is -2.12. The molecule has 170 valence electrons. The van der Waals surface area contributed by atoms with Gasteiger partial charge in [-0.15, -0.1) is 5.10 Å². The summed E-state index contributed by atoms with van der Waals surface area (Å²) in [6, 6.07) is 20.8. The zero-order valence-electron chi connectivity index (χ0n) is 17.8. The quantitative estimate of drug-likeness (QED) is 0.296. The third kappa shape index (κ3) is 4.20. The van der Waals surface area contributed by atoms with E-state index in [1.165, 1.54) is 12.1 Å². The molecule has 0 aliphatic heterocycles. The van der Waals surface area contributed by atoms with E-state index in [2.05, 4.69) is 15.4 Å². The largest absolute Gasteiger partial charge is 0.417 e. The zero-order valence-corrected chi connectivity index (χ0v) is 18.6. The van der Waals surface area contributed by atoms with Gasteiger partial charge in [0.25, 0.3) is 0 Å². The second kappa shape index (κ2) is 8.46. The van der Waals surface area contributed by atoms with Gasteiger partial charge in [0.1, 0.15) is 11.5 Å². The van der Waals surface area contributed by atoms with Crippen molar-refractivity contribution in [2.45, 2.75) is 13.1 Å². The second-order valence-electron chi connectivity index (χ2n) is 7.69. The molecule has 0 aliphatic carbocycles. The van der Waals surface area contributed by atoms with E-state index in [9.17, 15) is 13.2 Å². The molecule has 3 aromatic heterocycles. The topological polar surface area (TPSA) is 55.1 Å². The summed E-state index contributed by atoms with van der Waals surface area (Å²) < 4.78 is 41.4. The van der Waals surface area contributed by atoms with Crippen LogP contribution >= 0.6 is 11.6 Å². The first kappa shape index (κ1) is 21.9. The molecule has 34 heavy (non-hydrogen) atoms. The van der Waals surface area contributed by atoms with Crippen LogP contribution in [0.25, 0.3) is 27.9 Å². The standard InChI is InChI=1S/C25H17ClF3N5/c1-15-7-10-21-23(24(33-34(21)32-15)16-5-3-2-4-6-16)17-11-12-30-22(13-17)31-18-8-9-20(26)19(14-18)25(27,28)29/h2-14H,1H3,(H,30,31). The summed E-state index contributed by atoms with van der Waals surface area (Å²) in [5.74, 6) is 0.381. The summed E-state index contributed by atoms with van der Waals surface area (Å²) >= 11 is 5.74. The molecule has 0 radical (unpaired) electrons. The summed E-state index contributed by atoms with van der Waals surface area (Å²) in [4.78, 5) is 4.29. The number of hydrogen-bond donors (Lipinski definition) is 1. The molecule has 0 saturated heterocycles. The number of rotatable bonds is 4. The maximum atomic E-state index is 13.3. The molecule has 3 heterocycles. The Kier molecular flexibility index (Phi) is 5.45. The molecule has 0 atom stereocenters. The highest BCUT2D eigenvalue weighted by Gasteiger charge is 2.33. The Bertz CT molecular complexity index is 1500. The molecule has 0 saturated carbocycles. The summed E-state index contributed by atoms with van der Waals surface area (Å²) in [5.41, 5.74) is 4.22. The van der Waals surface area contributed by atoms with Gasteiger partial charge in [0.15, 0.2) is 0 Å². The van der Waals surface area contributed by atoms with E-state index in [0.717, 1.165) is 39.7 Å². The number of fused-ring (bicyclic) bond motifs is 1. The summed E-state index contributed by atoms with van der Waals surface area (Å²) in [6.07, 6.45) is -2.96. The van der Waals surface area contributed by atoms with Crippen LogP contribution in [0, 0.1) is 6.92 Å². The predicted octanol–water partition coefficient (Wildman–Crippen LogP) is 7.18. The second-order valence-corrected chi connectivity index (χ2v) is 8.09. The van der Waals surface area contributed by atoms with Gasteiger partial charge in [0.2, 0.25) is 0 Å². The average Bonchev–Trinajstić information content (AvgIpc) is 3.19. The Morgan fingerprint density at radius 3 is 2.44 bits per heavy atom. The molecule has 5 rings (SSSR count). The van der Waals surface area contributed by atoms with Crippen LogP contribution < -0.4 is 5.32 Å². The van der Waals surface area contributed by atoms with Crippen LogP contribution in [0.5, 0.6) is 0 Å². The van der Waals surface area contributed by atoms with Crippen LogP contribution in [-0.4, -0.2) is 19.8 Å². The number of benzene rings is 2. The third-order valence-corrected chi connectivity index (χ3v) is 5.61. The molecule has 0 aliphatic rings. The molecule has 2 aromatic carbocycles. The van der Waals surface area contributed by atoms with Gasteiger partial charge in [0, 0.05) is 23.0 Å². The zero-order chi connectivity index (χ0) is 23.9. The van der Waals surface area contributed by atoms with Crippen molar-refractivity contribution in [2.24, 2.45) is 0 Å². The highest BCUT2D eigenvalue weighted by atomic mass is 35.5. The predicted molar refractivity (Wildman–Crippen MR) is 126 cm³/mol. The molecule has 0 spiro atoms. The molecular formula is C25H17ClF3N5. The van der Waals surface area contributed by atoms with E-state index >= 15 is 0 Å². The number of pyridine rings is 1. The molecule has 5 aromatic rings. The maximum Gasteiger partial charge on any atom is 0.417 e. The molecule has 0 bridgehead atoms. The number of nitrogens with one attached hydrogen (secondary N) is 1. The smallest absolute Gasteiger partial charge is 0.340 e. The Labute approximate surface area is 197 Å². The minimum absolute atomic E-state index is 0.224. The van der Waals surface area contributed by atoms with Gasteiger partial charge in [0.05, 0.1) is 21.8 Å². The van der Waals surface area contributed by atoms with Gasteiger partial charge in [-0.2, -0.15) is 22.9 Å². The van der Waals surface area contributed by atoms with Crippen LogP contribution in [0.1, 0.15) is 11.3 Å². The molecule has 5 nitrogen and oxygen atoms in total. The molecule has 0 amide bonds. The van der Waals surface area contributed by atoms with Crippen molar-refractivity contribution in [2.75, 3.05) is 5.32 Å². The van der Waals surface area contributed by atoms with Crippen molar-refractivity contribution in [3.8, 4) is 22.4 Å². The lowest BCUT2D eigenvalue weighted by atomic mass is 10.0. The average molecular weight is 480 g/mol. The lowest BCUT2D eigenvalue weighted by Crippen LogP contribution is -2.06. The van der Waals surface area contributed by atoms with Crippen molar-refractivity contribution in [1.29, 1.82) is 0 Å². The summed E-state index contributed by atoms with van der Waals surface area (Å²) in [6.45, 7) is 1.89. The number of alkyl halides is 3. The van der Waals surface area contributed by atoms with Gasteiger partial charge in [-0.05, 0) is 55.0 Å². The van der Waals surface area contributed by atoms with Crippen molar-refractivity contribution >= 4 is 28.6 Å². The first-order valence-electron chi connectivity index (χ1n) is 10.3. The van der Waals surface area contributed by atoms with Crippen molar-refractivity contribution in [1.82, 2.24) is 19.8 Å². The van der Waals surface area contributed by atoms with E-state index in [1.54, 1.807) is 16.9 Å². The van der Waals surface area contributed by atoms with E-state index in [4.69, 9.17) is 16.7 Å². The Hall–Kier alpha value is -3.91. The SMILES string of the molecule is Cc1ccc2c(-c3ccnc(Nc4ccc(Cl)c(C(F)(F)F)c4)c3)c(-c3ccccc3)nn2n1. The summed E-state index contributed by atoms with van der Waals surface area (Å²) in [7, 11) is 0. The third-order valence-electron chi connectivity index (χ3n) is 5.28. The lowest BCUT2D eigenvalue weighted by molar-refractivity contribution is -0.137. The minimum Gasteiger partial charge on any atom is -0.340 e. The van der Waals surface area contributed by atoms with Gasteiger partial charge in [-0.1, -0.05) is 41.9 Å². The number of aromatic nitrogens is 4. The Balaban J connectivity index is 1.60. The fourth-order valence-corrected chi connectivity index (χ4v) is 3.96. The van der Waals surface area contributed by atoms with Gasteiger partial charge >= 0.3 is 6.18 Å². The maximum absolute atomic E-state index is 13.3. The minimum atomic E-state index is -4.56. The van der Waals surface area contributed by atoms with Crippen molar-refractivity contribution < 1.29 is 13.2 Å². The monoisotopic (exact) mass is 479 g/mol. The van der Waals surface area contributed by atoms with Gasteiger partial charge in [-0.3, -0.25) is 0 Å². The number of nitrogens with zero attached hydrogens (tertiary/aromatic N) is 4. The van der Waals surface area contributed by atoms with Gasteiger partial charge < -0.3 is 5.32 Å². The Morgan fingerprint density at radius 1 is 0.882 bits per heavy atom. The van der Waals surface area contributed by atoms with E-state index in [0.29, 0.717) is 5.82 Å². The first-order chi connectivity index (χ1) is 16.3. The van der Waals surface area contributed by atoms with E-state index in [1.807, 2.05) is 55.5 Å². The van der Waals surface area contributed by atoms with Crippen LogP contribution in [0.2, 0.25) is 5.02 Å². The fraction of sp³-hybridized carbons (Fsp3) is 0.0800. The molecule has 1 N–H and O–H groups in total. The number of aryl methyl sites for hydroxylation is 1. The van der Waals surface area contributed by atoms with Crippen LogP contribution in [0.3, 0.4) is 0 Å². The van der Waals surface area contributed by atoms with Crippen LogP contribution in [-0.2, 0) is 6.18 Å². The highest BCUT2D eigenvalue weighted by Crippen LogP contribution is 2.38. The normalized spacial score (nSPS) is 11.7. The summed E-state index contributed by atoms with van der Waals surface area (Å²) in [5, 5.41) is 11.8. The molecule has 0 fully saturated rings. The van der Waals surface area contributed by atoms with Crippen LogP contribution in [0.15, 0.2) is 79.0 Å². The fourth-order valence-electron chi connectivity index (χ4n) is 3.73. The van der Waals surface area contributed by atoms with E-state index in [-0.39, 0.29) is 10.7 Å². The van der Waals surface area contributed by atoms with Crippen LogP contribution in [0.4, 0.5) is 24.7 Å². The Morgan fingerprint density at radius 2 is 1.68 bits per heavy atom. The van der Waals surface area contributed by atoms with E-state index < -0.39 is 11.7 Å². The first-order valence-corrected chi connectivity index (χ1v) is 10.7. The molecule has 0 unspecified atom stereocenters.